The number of carbonyl (C=O) groups excluding carboxylic acids is 1. The van der Waals surface area contributed by atoms with Gasteiger partial charge in [0, 0.05) is 30.9 Å². The second kappa shape index (κ2) is 5.20. The van der Waals surface area contributed by atoms with Gasteiger partial charge in [-0.1, -0.05) is 0 Å². The van der Waals surface area contributed by atoms with Crippen molar-refractivity contribution in [1.82, 2.24) is 20.4 Å². The molecule has 0 radical (unpaired) electrons. The highest BCUT2D eigenvalue weighted by Crippen LogP contribution is 2.09. The Morgan fingerprint density at radius 3 is 2.53 bits per heavy atom. The van der Waals surface area contributed by atoms with Crippen LogP contribution in [-0.2, 0) is 16.4 Å². The molecule has 8 heteroatoms. The van der Waals surface area contributed by atoms with Gasteiger partial charge in [0.25, 0.3) is 0 Å². The lowest BCUT2D eigenvalue weighted by Gasteiger charge is -2.26. The number of aromatic amines is 1. The molecule has 1 aromatic heterocycles. The number of sulfone groups is 1. The van der Waals surface area contributed by atoms with Gasteiger partial charge in [-0.25, -0.2) is 13.2 Å². The van der Waals surface area contributed by atoms with Crippen LogP contribution in [0, 0.1) is 13.8 Å². The summed E-state index contributed by atoms with van der Waals surface area (Å²) in [7, 11) is -2.96. The lowest BCUT2D eigenvalue weighted by molar-refractivity contribution is 0.201. The molecular weight excluding hydrogens is 268 g/mol. The molecule has 0 unspecified atom stereocenters. The third kappa shape index (κ3) is 3.25. The summed E-state index contributed by atoms with van der Waals surface area (Å²) in [6.07, 6.45) is 0. The van der Waals surface area contributed by atoms with E-state index in [0.717, 1.165) is 17.0 Å². The average Bonchev–Trinajstić information content (AvgIpc) is 2.66. The molecule has 0 aliphatic carbocycles. The van der Waals surface area contributed by atoms with Gasteiger partial charge in [-0.15, -0.1) is 0 Å². The summed E-state index contributed by atoms with van der Waals surface area (Å²) in [4.78, 5) is 13.4. The summed E-state index contributed by atoms with van der Waals surface area (Å²) in [6, 6.07) is -0.227. The zero-order valence-corrected chi connectivity index (χ0v) is 11.9. The molecular formula is C11H18N4O3S. The van der Waals surface area contributed by atoms with Crippen molar-refractivity contribution < 1.29 is 13.2 Å². The minimum Gasteiger partial charge on any atom is -0.334 e. The molecule has 1 saturated heterocycles. The van der Waals surface area contributed by atoms with Crippen LogP contribution in [0.2, 0.25) is 0 Å². The number of nitrogens with one attached hydrogen (secondary N) is 2. The van der Waals surface area contributed by atoms with Gasteiger partial charge in [0.1, 0.15) is 0 Å². The second-order valence-corrected chi connectivity index (χ2v) is 7.01. The van der Waals surface area contributed by atoms with Gasteiger partial charge in [0.15, 0.2) is 9.84 Å². The number of urea groups is 1. The summed E-state index contributed by atoms with van der Waals surface area (Å²) in [6.45, 7) is 4.69. The third-order valence-electron chi connectivity index (χ3n) is 3.33. The molecule has 0 aromatic carbocycles. The van der Waals surface area contributed by atoms with E-state index in [4.69, 9.17) is 0 Å². The van der Waals surface area contributed by atoms with Crippen LogP contribution in [-0.4, -0.2) is 54.1 Å². The number of nitrogens with zero attached hydrogens (tertiary/aromatic N) is 2. The Hall–Kier alpha value is -1.57. The third-order valence-corrected chi connectivity index (χ3v) is 4.94. The predicted molar refractivity (Wildman–Crippen MR) is 70.5 cm³/mol. The zero-order valence-electron chi connectivity index (χ0n) is 11.1. The van der Waals surface area contributed by atoms with Gasteiger partial charge in [0.2, 0.25) is 0 Å². The highest BCUT2D eigenvalue weighted by Gasteiger charge is 2.24. The van der Waals surface area contributed by atoms with Crippen LogP contribution in [0.25, 0.3) is 0 Å². The van der Waals surface area contributed by atoms with Crippen molar-refractivity contribution in [3.05, 3.63) is 17.0 Å². The molecule has 2 amide bonds. The maximum atomic E-state index is 11.9. The molecule has 0 saturated carbocycles. The summed E-state index contributed by atoms with van der Waals surface area (Å²) in [5.41, 5.74) is 2.76. The van der Waals surface area contributed by atoms with Crippen molar-refractivity contribution in [2.45, 2.75) is 20.4 Å². The minimum absolute atomic E-state index is 0.0458. The molecule has 106 valence electrons. The van der Waals surface area contributed by atoms with Gasteiger partial charge < -0.3 is 10.2 Å². The molecule has 2 heterocycles. The fourth-order valence-corrected chi connectivity index (χ4v) is 3.23. The number of hydrogen-bond acceptors (Lipinski definition) is 4. The van der Waals surface area contributed by atoms with E-state index < -0.39 is 9.84 Å². The Labute approximate surface area is 112 Å². The monoisotopic (exact) mass is 286 g/mol. The van der Waals surface area contributed by atoms with E-state index >= 15 is 0 Å². The Morgan fingerprint density at radius 2 is 2.00 bits per heavy atom. The number of rotatable bonds is 2. The molecule has 2 N–H and O–H groups in total. The lowest BCUT2D eigenvalue weighted by atomic mass is 10.2. The van der Waals surface area contributed by atoms with Crippen LogP contribution in [0.3, 0.4) is 0 Å². The van der Waals surface area contributed by atoms with Crippen molar-refractivity contribution in [3.63, 3.8) is 0 Å². The Balaban J connectivity index is 1.89. The normalized spacial score (nSPS) is 18.3. The van der Waals surface area contributed by atoms with Crippen molar-refractivity contribution >= 4 is 15.9 Å². The standard InChI is InChI=1S/C11H18N4O3S/c1-8-10(9(2)14-13-8)7-12-11(16)15-3-5-19(17,18)6-4-15/h3-7H2,1-2H3,(H,12,16)(H,13,14). The molecule has 2 rings (SSSR count). The first-order chi connectivity index (χ1) is 8.89. The first kappa shape index (κ1) is 13.9. The van der Waals surface area contributed by atoms with Gasteiger partial charge in [0.05, 0.1) is 17.2 Å². The first-order valence-electron chi connectivity index (χ1n) is 6.13. The largest absolute Gasteiger partial charge is 0.334 e. The molecule has 0 bridgehead atoms. The number of H-pyrrole nitrogens is 1. The van der Waals surface area contributed by atoms with Gasteiger partial charge in [-0.2, -0.15) is 5.10 Å². The predicted octanol–water partition coefficient (Wildman–Crippen LogP) is -0.0335. The number of aromatic nitrogens is 2. The fraction of sp³-hybridized carbons (Fsp3) is 0.636. The molecule has 1 fully saturated rings. The summed E-state index contributed by atoms with van der Waals surface area (Å²) < 4.78 is 22.6. The summed E-state index contributed by atoms with van der Waals surface area (Å²) in [5, 5.41) is 9.71. The molecule has 0 spiro atoms. The molecule has 19 heavy (non-hydrogen) atoms. The Kier molecular flexibility index (Phi) is 3.79. The maximum Gasteiger partial charge on any atom is 0.317 e. The van der Waals surface area contributed by atoms with Gasteiger partial charge in [-0.3, -0.25) is 5.10 Å². The van der Waals surface area contributed by atoms with Crippen LogP contribution in [0.5, 0.6) is 0 Å². The lowest BCUT2D eigenvalue weighted by Crippen LogP contribution is -2.48. The van der Waals surface area contributed by atoms with Gasteiger partial charge >= 0.3 is 6.03 Å². The number of aryl methyl sites for hydroxylation is 2. The molecule has 1 aromatic rings. The highest BCUT2D eigenvalue weighted by molar-refractivity contribution is 7.91. The van der Waals surface area contributed by atoms with Crippen LogP contribution in [0.4, 0.5) is 4.79 Å². The summed E-state index contributed by atoms with van der Waals surface area (Å²) in [5.74, 6) is 0.0916. The zero-order chi connectivity index (χ0) is 14.0. The molecule has 0 atom stereocenters. The smallest absolute Gasteiger partial charge is 0.317 e. The van der Waals surface area contributed by atoms with Crippen molar-refractivity contribution in [2.75, 3.05) is 24.6 Å². The van der Waals surface area contributed by atoms with Crippen LogP contribution in [0.1, 0.15) is 17.0 Å². The second-order valence-electron chi connectivity index (χ2n) is 4.71. The van der Waals surface area contributed by atoms with Crippen molar-refractivity contribution in [1.29, 1.82) is 0 Å². The molecule has 7 nitrogen and oxygen atoms in total. The van der Waals surface area contributed by atoms with E-state index in [0.29, 0.717) is 6.54 Å². The number of hydrogen-bond donors (Lipinski definition) is 2. The van der Waals surface area contributed by atoms with Crippen molar-refractivity contribution in [3.8, 4) is 0 Å². The van der Waals surface area contributed by atoms with Crippen LogP contribution < -0.4 is 5.32 Å². The van der Waals surface area contributed by atoms with Crippen LogP contribution in [0.15, 0.2) is 0 Å². The first-order valence-corrected chi connectivity index (χ1v) is 7.95. The van der Waals surface area contributed by atoms with E-state index in [1.807, 2.05) is 13.8 Å². The SMILES string of the molecule is Cc1n[nH]c(C)c1CNC(=O)N1CCS(=O)(=O)CC1. The highest BCUT2D eigenvalue weighted by atomic mass is 32.2. The average molecular weight is 286 g/mol. The number of amides is 2. The number of carbonyl (C=O) groups is 1. The quantitative estimate of drug-likeness (QED) is 0.798. The van der Waals surface area contributed by atoms with Crippen molar-refractivity contribution in [2.24, 2.45) is 0 Å². The topological polar surface area (TPSA) is 95.2 Å². The fourth-order valence-electron chi connectivity index (χ4n) is 2.03. The van der Waals surface area contributed by atoms with E-state index in [9.17, 15) is 13.2 Å². The Bertz CT molecular complexity index is 545. The van der Waals surface area contributed by atoms with E-state index in [1.54, 1.807) is 0 Å². The van der Waals surface area contributed by atoms with E-state index in [2.05, 4.69) is 15.5 Å². The summed E-state index contributed by atoms with van der Waals surface area (Å²) >= 11 is 0. The maximum absolute atomic E-state index is 11.9. The minimum atomic E-state index is -2.96. The van der Waals surface area contributed by atoms with E-state index in [1.165, 1.54) is 4.90 Å². The molecule has 1 aliphatic heterocycles. The van der Waals surface area contributed by atoms with Gasteiger partial charge in [-0.05, 0) is 13.8 Å². The molecule has 1 aliphatic rings. The Morgan fingerprint density at radius 1 is 1.37 bits per heavy atom. The van der Waals surface area contributed by atoms with E-state index in [-0.39, 0.29) is 30.6 Å². The van der Waals surface area contributed by atoms with Crippen LogP contribution >= 0.6 is 0 Å².